The lowest BCUT2D eigenvalue weighted by molar-refractivity contribution is -0.138. The zero-order chi connectivity index (χ0) is 14.2. The maximum Gasteiger partial charge on any atom is 0.416 e. The molecule has 0 bridgehead atoms. The Kier molecular flexibility index (Phi) is 5.17. The third kappa shape index (κ3) is 3.71. The van der Waals surface area contributed by atoms with Gasteiger partial charge in [-0.3, -0.25) is 4.90 Å². The molecule has 0 radical (unpaired) electrons. The van der Waals surface area contributed by atoms with Gasteiger partial charge in [-0.1, -0.05) is 18.2 Å². The highest BCUT2D eigenvalue weighted by atomic mass is 35.5. The number of nitrogens with one attached hydrogen (secondary N) is 1. The van der Waals surface area contributed by atoms with E-state index < -0.39 is 11.7 Å². The van der Waals surface area contributed by atoms with Crippen LogP contribution < -0.4 is 5.32 Å². The maximum absolute atomic E-state index is 13.0. The number of likely N-dealkylation sites (tertiary alicyclic amines) is 1. The molecule has 3 rings (SSSR count). The number of alkyl halides is 3. The summed E-state index contributed by atoms with van der Waals surface area (Å²) in [5.41, 5.74) is -0.101. The van der Waals surface area contributed by atoms with Crippen molar-refractivity contribution in [2.24, 2.45) is 11.8 Å². The summed E-state index contributed by atoms with van der Waals surface area (Å²) < 4.78 is 39.0. The number of hydrogen-bond acceptors (Lipinski definition) is 2. The van der Waals surface area contributed by atoms with E-state index >= 15 is 0 Å². The van der Waals surface area contributed by atoms with Crippen molar-refractivity contribution in [3.63, 3.8) is 0 Å². The lowest BCUT2D eigenvalue weighted by Gasteiger charge is -2.34. The second-order valence-electron chi connectivity index (χ2n) is 5.86. The number of rotatable bonds is 2. The first kappa shape index (κ1) is 16.6. The molecule has 2 nitrogen and oxygen atoms in total. The van der Waals surface area contributed by atoms with E-state index in [0.717, 1.165) is 32.6 Å². The van der Waals surface area contributed by atoms with Gasteiger partial charge in [0.05, 0.1) is 5.56 Å². The third-order valence-electron chi connectivity index (χ3n) is 4.51. The SMILES string of the molecule is Cl.FC(F)(F)c1ccccc1CN1CCC2CNCC2C1. The molecule has 2 atom stereocenters. The Hall–Kier alpha value is -0.780. The Morgan fingerprint density at radius 2 is 1.86 bits per heavy atom. The minimum Gasteiger partial charge on any atom is -0.316 e. The molecule has 21 heavy (non-hydrogen) atoms. The van der Waals surface area contributed by atoms with Crippen LogP contribution in [0.2, 0.25) is 0 Å². The van der Waals surface area contributed by atoms with E-state index in [1.807, 2.05) is 0 Å². The zero-order valence-electron chi connectivity index (χ0n) is 11.7. The molecule has 6 heteroatoms. The highest BCUT2D eigenvalue weighted by Crippen LogP contribution is 2.33. The topological polar surface area (TPSA) is 15.3 Å². The van der Waals surface area contributed by atoms with E-state index in [1.54, 1.807) is 12.1 Å². The summed E-state index contributed by atoms with van der Waals surface area (Å²) in [4.78, 5) is 2.17. The summed E-state index contributed by atoms with van der Waals surface area (Å²) in [5.74, 6) is 1.31. The maximum atomic E-state index is 13.0. The monoisotopic (exact) mass is 320 g/mol. The lowest BCUT2D eigenvalue weighted by atomic mass is 9.88. The van der Waals surface area contributed by atoms with Crippen LogP contribution in [0.1, 0.15) is 17.5 Å². The largest absolute Gasteiger partial charge is 0.416 e. The average Bonchev–Trinajstić information content (AvgIpc) is 2.85. The molecule has 2 saturated heterocycles. The van der Waals surface area contributed by atoms with Gasteiger partial charge in [-0.25, -0.2) is 0 Å². The zero-order valence-corrected chi connectivity index (χ0v) is 12.5. The van der Waals surface area contributed by atoms with E-state index in [2.05, 4.69) is 10.2 Å². The second-order valence-corrected chi connectivity index (χ2v) is 5.86. The number of hydrogen-bond donors (Lipinski definition) is 1. The van der Waals surface area contributed by atoms with Crippen LogP contribution in [0.25, 0.3) is 0 Å². The van der Waals surface area contributed by atoms with E-state index in [4.69, 9.17) is 0 Å². The molecule has 0 aliphatic carbocycles. The van der Waals surface area contributed by atoms with Crippen LogP contribution in [-0.2, 0) is 12.7 Å². The Morgan fingerprint density at radius 3 is 2.62 bits per heavy atom. The minimum absolute atomic E-state index is 0. The van der Waals surface area contributed by atoms with Crippen molar-refractivity contribution in [3.8, 4) is 0 Å². The fourth-order valence-electron chi connectivity index (χ4n) is 3.43. The molecule has 2 heterocycles. The Labute approximate surface area is 129 Å². The van der Waals surface area contributed by atoms with Crippen LogP contribution in [0.15, 0.2) is 24.3 Å². The van der Waals surface area contributed by atoms with Gasteiger partial charge in [0.2, 0.25) is 0 Å². The van der Waals surface area contributed by atoms with Crippen molar-refractivity contribution < 1.29 is 13.2 Å². The van der Waals surface area contributed by atoms with Crippen molar-refractivity contribution in [1.82, 2.24) is 10.2 Å². The number of piperidine rings is 1. The van der Waals surface area contributed by atoms with Crippen LogP contribution in [0.5, 0.6) is 0 Å². The predicted molar refractivity (Wildman–Crippen MR) is 78.4 cm³/mol. The van der Waals surface area contributed by atoms with Crippen molar-refractivity contribution >= 4 is 12.4 Å². The lowest BCUT2D eigenvalue weighted by Crippen LogP contribution is -2.39. The highest BCUT2D eigenvalue weighted by Gasteiger charge is 2.35. The Morgan fingerprint density at radius 1 is 1.14 bits per heavy atom. The number of nitrogens with zero attached hydrogens (tertiary/aromatic N) is 1. The molecular weight excluding hydrogens is 301 g/mol. The first-order valence-corrected chi connectivity index (χ1v) is 7.12. The molecule has 2 aliphatic heterocycles. The van der Waals surface area contributed by atoms with Gasteiger partial charge in [-0.15, -0.1) is 12.4 Å². The summed E-state index contributed by atoms with van der Waals surface area (Å²) in [6.07, 6.45) is -3.17. The molecule has 118 valence electrons. The van der Waals surface area contributed by atoms with Gasteiger partial charge in [0, 0.05) is 13.1 Å². The van der Waals surface area contributed by atoms with Crippen molar-refractivity contribution in [3.05, 3.63) is 35.4 Å². The van der Waals surface area contributed by atoms with Gasteiger partial charge in [0.1, 0.15) is 0 Å². The molecule has 0 spiro atoms. The molecule has 2 fully saturated rings. The summed E-state index contributed by atoms with van der Waals surface area (Å²) in [7, 11) is 0. The summed E-state index contributed by atoms with van der Waals surface area (Å²) in [6, 6.07) is 5.93. The predicted octanol–water partition coefficient (Wildman–Crippen LogP) is 3.17. The minimum atomic E-state index is -4.26. The number of fused-ring (bicyclic) bond motifs is 1. The molecule has 0 amide bonds. The standard InChI is InChI=1S/C15H19F3N2.ClH/c16-15(17,18)14-4-2-1-3-12(14)9-20-6-5-11-7-19-8-13(11)10-20;/h1-4,11,13,19H,5-10H2;1H. The van der Waals surface area contributed by atoms with Crippen LogP contribution in [0.3, 0.4) is 0 Å². The van der Waals surface area contributed by atoms with Crippen molar-refractivity contribution in [1.29, 1.82) is 0 Å². The Balaban J connectivity index is 0.00000161. The fourth-order valence-corrected chi connectivity index (χ4v) is 3.43. The summed E-state index contributed by atoms with van der Waals surface area (Å²) in [6.45, 7) is 4.28. The molecule has 2 aliphatic rings. The van der Waals surface area contributed by atoms with Gasteiger partial charge >= 0.3 is 6.18 Å². The summed E-state index contributed by atoms with van der Waals surface area (Å²) >= 11 is 0. The molecule has 2 unspecified atom stereocenters. The smallest absolute Gasteiger partial charge is 0.316 e. The Bertz CT molecular complexity index is 478. The van der Waals surface area contributed by atoms with Gasteiger partial charge in [0.15, 0.2) is 0 Å². The molecule has 0 aromatic heterocycles. The first-order chi connectivity index (χ1) is 9.54. The number of benzene rings is 1. The van der Waals surface area contributed by atoms with Crippen LogP contribution in [0.4, 0.5) is 13.2 Å². The number of halogens is 4. The molecule has 1 aromatic rings. The van der Waals surface area contributed by atoms with Crippen LogP contribution in [-0.4, -0.2) is 31.1 Å². The van der Waals surface area contributed by atoms with Crippen molar-refractivity contribution in [2.45, 2.75) is 19.1 Å². The highest BCUT2D eigenvalue weighted by molar-refractivity contribution is 5.85. The molecule has 0 saturated carbocycles. The molecule has 1 N–H and O–H groups in total. The second kappa shape index (κ2) is 6.55. The van der Waals surface area contributed by atoms with Gasteiger partial charge in [-0.2, -0.15) is 13.2 Å². The van der Waals surface area contributed by atoms with Gasteiger partial charge < -0.3 is 5.32 Å². The average molecular weight is 321 g/mol. The quantitative estimate of drug-likeness (QED) is 0.900. The van der Waals surface area contributed by atoms with E-state index in [9.17, 15) is 13.2 Å². The van der Waals surface area contributed by atoms with E-state index in [-0.39, 0.29) is 12.4 Å². The van der Waals surface area contributed by atoms with Gasteiger partial charge in [0.25, 0.3) is 0 Å². The van der Waals surface area contributed by atoms with E-state index in [0.29, 0.717) is 23.9 Å². The van der Waals surface area contributed by atoms with Gasteiger partial charge in [-0.05, 0) is 49.5 Å². The first-order valence-electron chi connectivity index (χ1n) is 7.12. The third-order valence-corrected chi connectivity index (χ3v) is 4.51. The van der Waals surface area contributed by atoms with Crippen LogP contribution >= 0.6 is 12.4 Å². The van der Waals surface area contributed by atoms with Crippen LogP contribution in [0, 0.1) is 11.8 Å². The normalized spacial score (nSPS) is 26.2. The summed E-state index contributed by atoms with van der Waals surface area (Å²) in [5, 5.41) is 3.38. The fraction of sp³-hybridized carbons (Fsp3) is 0.600. The van der Waals surface area contributed by atoms with Crippen molar-refractivity contribution in [2.75, 3.05) is 26.2 Å². The molecule has 1 aromatic carbocycles. The van der Waals surface area contributed by atoms with E-state index in [1.165, 1.54) is 12.1 Å². The molecular formula is C15H20ClF3N2.